The minimum atomic E-state index is -3.33. The van der Waals surface area contributed by atoms with Crippen molar-refractivity contribution in [1.29, 1.82) is 0 Å². The summed E-state index contributed by atoms with van der Waals surface area (Å²) in [5.41, 5.74) is -1.17. The van der Waals surface area contributed by atoms with Crippen LogP contribution in [0.3, 0.4) is 0 Å². The highest BCUT2D eigenvalue weighted by Gasteiger charge is 2.50. The minimum Gasteiger partial charge on any atom is -0.407 e. The van der Waals surface area contributed by atoms with Crippen LogP contribution in [0.15, 0.2) is 60.7 Å². The normalized spacial score (nSPS) is 14.8. The maximum absolute atomic E-state index is 12.9. The number of benzene rings is 2. The Morgan fingerprint density at radius 2 is 1.30 bits per heavy atom. The molecule has 0 bridgehead atoms. The van der Waals surface area contributed by atoms with Crippen LogP contribution in [-0.2, 0) is 18.0 Å². The van der Waals surface area contributed by atoms with Gasteiger partial charge in [-0.25, -0.2) is 0 Å². The van der Waals surface area contributed by atoms with Crippen LogP contribution in [0.25, 0.3) is 0 Å². The summed E-state index contributed by atoms with van der Waals surface area (Å²) in [6, 6.07) is 21.0. The zero-order valence-corrected chi connectivity index (χ0v) is 22.9. The summed E-state index contributed by atoms with van der Waals surface area (Å²) in [6.07, 6.45) is 1.05. The van der Waals surface area contributed by atoms with Gasteiger partial charge in [0.15, 0.2) is 0 Å². The zero-order valence-electron chi connectivity index (χ0n) is 21.0. The summed E-state index contributed by atoms with van der Waals surface area (Å²) >= 11 is 0. The molecule has 0 aromatic heterocycles. The second kappa shape index (κ2) is 11.9. The first-order valence-electron chi connectivity index (χ1n) is 11.9. The first-order chi connectivity index (χ1) is 15.5. The average Bonchev–Trinajstić information content (AvgIpc) is 2.74. The van der Waals surface area contributed by atoms with Gasteiger partial charge >= 0.3 is 7.60 Å². The Morgan fingerprint density at radius 3 is 1.70 bits per heavy atom. The van der Waals surface area contributed by atoms with E-state index in [1.54, 1.807) is 20.8 Å². The van der Waals surface area contributed by atoms with Crippen LogP contribution in [0, 0.1) is 0 Å². The molecule has 0 spiro atoms. The van der Waals surface area contributed by atoms with E-state index in [1.165, 1.54) is 10.4 Å². The Hall–Kier alpha value is -1.27. The fraction of sp³-hybridized carbons (Fsp3) is 0.538. The van der Waals surface area contributed by atoms with Crippen molar-refractivity contribution in [3.8, 4) is 0 Å². The molecule has 0 radical (unpaired) electrons. The van der Waals surface area contributed by atoms with E-state index in [0.29, 0.717) is 19.4 Å². The largest absolute Gasteiger partial charge is 0.407 e. The van der Waals surface area contributed by atoms with Gasteiger partial charge in [0.1, 0.15) is 0 Å². The van der Waals surface area contributed by atoms with E-state index < -0.39 is 21.5 Å². The average molecular weight is 493 g/mol. The van der Waals surface area contributed by atoms with E-state index in [1.807, 2.05) is 12.1 Å². The van der Waals surface area contributed by atoms with E-state index in [0.717, 1.165) is 0 Å². The highest BCUT2D eigenvalue weighted by Crippen LogP contribution is 2.51. The topological polar surface area (TPSA) is 65.0 Å². The lowest BCUT2D eigenvalue weighted by molar-refractivity contribution is 0.0579. The fourth-order valence-electron chi connectivity index (χ4n) is 4.46. The predicted octanol–water partition coefficient (Wildman–Crippen LogP) is 5.36. The van der Waals surface area contributed by atoms with Gasteiger partial charge in [-0.2, -0.15) is 0 Å². The molecule has 2 aromatic carbocycles. The van der Waals surface area contributed by atoms with Gasteiger partial charge in [0.25, 0.3) is 8.32 Å². The summed E-state index contributed by atoms with van der Waals surface area (Å²) in [6.45, 7) is 13.0. The van der Waals surface area contributed by atoms with Crippen LogP contribution >= 0.6 is 7.60 Å². The molecule has 0 fully saturated rings. The molecule has 0 amide bonds. The Labute approximate surface area is 201 Å². The molecule has 1 unspecified atom stereocenters. The highest BCUT2D eigenvalue weighted by atomic mass is 31.2. The molecule has 184 valence electrons. The molecule has 0 aliphatic heterocycles. The first kappa shape index (κ1) is 28.0. The molecule has 33 heavy (non-hydrogen) atoms. The van der Waals surface area contributed by atoms with Crippen molar-refractivity contribution < 1.29 is 23.1 Å². The third kappa shape index (κ3) is 7.35. The molecule has 0 saturated carbocycles. The van der Waals surface area contributed by atoms with E-state index in [-0.39, 0.29) is 24.4 Å². The van der Waals surface area contributed by atoms with Gasteiger partial charge < -0.3 is 18.6 Å². The predicted molar refractivity (Wildman–Crippen MR) is 139 cm³/mol. The summed E-state index contributed by atoms with van der Waals surface area (Å²) < 4.78 is 30.5. The van der Waals surface area contributed by atoms with Crippen LogP contribution in [0.4, 0.5) is 0 Å². The van der Waals surface area contributed by atoms with Gasteiger partial charge in [0.2, 0.25) is 0 Å². The lowest BCUT2D eigenvalue weighted by Crippen LogP contribution is -2.66. The number of hydrogen-bond donors (Lipinski definition) is 1. The van der Waals surface area contributed by atoms with Gasteiger partial charge in [-0.15, -0.1) is 0 Å². The van der Waals surface area contributed by atoms with Crippen LogP contribution in [-0.4, -0.2) is 45.0 Å². The SMILES string of the molecule is CCOP(=O)(CC(C)(O)CCCO[Si](c1ccccc1)(c1ccccc1)C(C)(C)C)OCC. The van der Waals surface area contributed by atoms with Crippen LogP contribution in [0.1, 0.15) is 54.4 Å². The maximum atomic E-state index is 12.9. The molecule has 1 N–H and O–H groups in total. The first-order valence-corrected chi connectivity index (χ1v) is 15.5. The van der Waals surface area contributed by atoms with E-state index >= 15 is 0 Å². The van der Waals surface area contributed by atoms with E-state index in [9.17, 15) is 9.67 Å². The lowest BCUT2D eigenvalue weighted by Gasteiger charge is -2.43. The van der Waals surface area contributed by atoms with Gasteiger partial charge in [-0.1, -0.05) is 81.4 Å². The molecule has 2 aromatic rings. The van der Waals surface area contributed by atoms with Gasteiger partial charge in [-0.3, -0.25) is 4.57 Å². The molecule has 0 aliphatic rings. The zero-order chi connectivity index (χ0) is 24.6. The molecular weight excluding hydrogens is 451 g/mol. The van der Waals surface area contributed by atoms with Gasteiger partial charge in [-0.05, 0) is 49.0 Å². The number of aliphatic hydroxyl groups is 1. The summed E-state index contributed by atoms with van der Waals surface area (Å²) in [5.74, 6) is 0. The summed E-state index contributed by atoms with van der Waals surface area (Å²) in [7, 11) is -5.93. The maximum Gasteiger partial charge on any atom is 0.333 e. The molecule has 0 saturated heterocycles. The summed E-state index contributed by atoms with van der Waals surface area (Å²) in [5, 5.41) is 13.3. The second-order valence-electron chi connectivity index (χ2n) is 9.72. The molecule has 0 aliphatic carbocycles. The minimum absolute atomic E-state index is 0.0269. The Morgan fingerprint density at radius 1 is 0.848 bits per heavy atom. The van der Waals surface area contributed by atoms with Crippen molar-refractivity contribution in [2.75, 3.05) is 26.0 Å². The smallest absolute Gasteiger partial charge is 0.333 e. The Kier molecular flexibility index (Phi) is 10.1. The lowest BCUT2D eigenvalue weighted by atomic mass is 10.0. The third-order valence-electron chi connectivity index (χ3n) is 5.78. The monoisotopic (exact) mass is 492 g/mol. The quantitative estimate of drug-likeness (QED) is 0.232. The van der Waals surface area contributed by atoms with E-state index in [2.05, 4.69) is 69.3 Å². The van der Waals surface area contributed by atoms with Crippen molar-refractivity contribution >= 4 is 26.3 Å². The van der Waals surface area contributed by atoms with Crippen molar-refractivity contribution in [2.45, 2.75) is 65.0 Å². The van der Waals surface area contributed by atoms with Gasteiger partial charge in [0.05, 0.1) is 25.0 Å². The second-order valence-corrected chi connectivity index (χ2v) is 16.1. The van der Waals surface area contributed by atoms with Crippen LogP contribution < -0.4 is 10.4 Å². The molecule has 5 nitrogen and oxygen atoms in total. The molecule has 0 heterocycles. The van der Waals surface area contributed by atoms with Crippen molar-refractivity contribution in [1.82, 2.24) is 0 Å². The molecule has 2 rings (SSSR count). The third-order valence-corrected chi connectivity index (χ3v) is 13.2. The molecular formula is C26H41O5PSi. The van der Waals surface area contributed by atoms with Crippen molar-refractivity contribution in [3.63, 3.8) is 0 Å². The standard InChI is InChI=1S/C26H41O5PSi/c1-7-29-32(28,30-8-2)22-26(6,27)20-15-21-31-33(25(3,4)5,23-16-11-9-12-17-23)24-18-13-10-14-19-24/h9-14,16-19,27H,7-8,15,20-22H2,1-6H3. The molecule has 7 heteroatoms. The molecule has 1 atom stereocenters. The number of rotatable bonds is 13. The van der Waals surface area contributed by atoms with Gasteiger partial charge in [0, 0.05) is 6.61 Å². The van der Waals surface area contributed by atoms with Crippen LogP contribution in [0.5, 0.6) is 0 Å². The highest BCUT2D eigenvalue weighted by molar-refractivity contribution is 7.53. The summed E-state index contributed by atoms with van der Waals surface area (Å²) in [4.78, 5) is 0. The Bertz CT molecular complexity index is 831. The van der Waals surface area contributed by atoms with Crippen LogP contribution in [0.2, 0.25) is 5.04 Å². The van der Waals surface area contributed by atoms with Crippen molar-refractivity contribution in [2.24, 2.45) is 0 Å². The Balaban J connectivity index is 2.21. The van der Waals surface area contributed by atoms with Crippen molar-refractivity contribution in [3.05, 3.63) is 60.7 Å². The fourth-order valence-corrected chi connectivity index (χ4v) is 11.1. The number of hydrogen-bond acceptors (Lipinski definition) is 5. The van der Waals surface area contributed by atoms with E-state index in [4.69, 9.17) is 13.5 Å².